The maximum Gasteiger partial charge on any atom is 0.139 e. The van der Waals surface area contributed by atoms with Crippen molar-refractivity contribution in [3.8, 4) is 0 Å². The Balaban J connectivity index is 2.40. The number of anilines is 1. The second-order valence-electron chi connectivity index (χ2n) is 5.47. The van der Waals surface area contributed by atoms with E-state index >= 15 is 0 Å². The van der Waals surface area contributed by atoms with Gasteiger partial charge in [-0.2, -0.15) is 0 Å². The molecule has 0 saturated carbocycles. The molecular formula is C16H25N3S. The van der Waals surface area contributed by atoms with Crippen LogP contribution in [0.5, 0.6) is 0 Å². The van der Waals surface area contributed by atoms with E-state index in [-0.39, 0.29) is 0 Å². The van der Waals surface area contributed by atoms with Crippen molar-refractivity contribution in [2.45, 2.75) is 52.4 Å². The summed E-state index contributed by atoms with van der Waals surface area (Å²) in [5, 5.41) is 0. The molecule has 1 aliphatic carbocycles. The first-order valence-electron chi connectivity index (χ1n) is 7.74. The van der Waals surface area contributed by atoms with E-state index in [0.717, 1.165) is 37.3 Å². The molecule has 0 unspecified atom stereocenters. The third kappa shape index (κ3) is 3.29. The zero-order valence-electron chi connectivity index (χ0n) is 12.6. The minimum Gasteiger partial charge on any atom is -0.389 e. The van der Waals surface area contributed by atoms with Crippen LogP contribution >= 0.6 is 12.2 Å². The van der Waals surface area contributed by atoms with Crippen LogP contribution in [0.15, 0.2) is 6.07 Å². The summed E-state index contributed by atoms with van der Waals surface area (Å²) in [5.41, 5.74) is 9.48. The van der Waals surface area contributed by atoms with Crippen LogP contribution in [-0.2, 0) is 12.8 Å². The molecule has 0 aromatic carbocycles. The number of aromatic nitrogens is 1. The number of hydrogen-bond acceptors (Lipinski definition) is 3. The molecule has 0 saturated heterocycles. The largest absolute Gasteiger partial charge is 0.389 e. The number of aryl methyl sites for hydroxylation is 2. The van der Waals surface area contributed by atoms with Gasteiger partial charge in [0.2, 0.25) is 0 Å². The molecule has 0 aliphatic heterocycles. The lowest BCUT2D eigenvalue weighted by atomic mass is 9.94. The Morgan fingerprint density at radius 2 is 2.10 bits per heavy atom. The minimum atomic E-state index is 0.468. The zero-order valence-corrected chi connectivity index (χ0v) is 13.4. The highest BCUT2D eigenvalue weighted by Gasteiger charge is 2.19. The van der Waals surface area contributed by atoms with Crippen molar-refractivity contribution in [3.05, 3.63) is 22.9 Å². The molecular weight excluding hydrogens is 266 g/mol. The van der Waals surface area contributed by atoms with E-state index in [1.165, 1.54) is 36.9 Å². The third-order valence-electron chi connectivity index (χ3n) is 4.01. The molecule has 0 spiro atoms. The molecule has 2 rings (SSSR count). The van der Waals surface area contributed by atoms with Gasteiger partial charge in [-0.05, 0) is 50.7 Å². The third-order valence-corrected chi connectivity index (χ3v) is 4.23. The summed E-state index contributed by atoms with van der Waals surface area (Å²) < 4.78 is 0. The standard InChI is InChI=1S/C16H25N3S/c1-3-5-10-19(4-2)16-13(15(17)20)11-12-8-6-7-9-14(12)18-16/h11H,3-10H2,1-2H3,(H2,17,20). The second kappa shape index (κ2) is 7.02. The summed E-state index contributed by atoms with van der Waals surface area (Å²) in [7, 11) is 0. The van der Waals surface area contributed by atoms with Gasteiger partial charge in [0.25, 0.3) is 0 Å². The number of nitrogens with two attached hydrogens (primary N) is 1. The van der Waals surface area contributed by atoms with Crippen LogP contribution in [0.3, 0.4) is 0 Å². The number of pyridine rings is 1. The Morgan fingerprint density at radius 1 is 1.35 bits per heavy atom. The Morgan fingerprint density at radius 3 is 2.75 bits per heavy atom. The van der Waals surface area contributed by atoms with E-state index in [0.29, 0.717) is 4.99 Å². The molecule has 1 aromatic heterocycles. The normalized spacial score (nSPS) is 13.9. The van der Waals surface area contributed by atoms with Gasteiger partial charge in [0.05, 0.1) is 5.56 Å². The Kier molecular flexibility index (Phi) is 5.35. The van der Waals surface area contributed by atoms with Gasteiger partial charge in [0.1, 0.15) is 10.8 Å². The quantitative estimate of drug-likeness (QED) is 0.817. The number of thiocarbonyl (C=S) groups is 1. The van der Waals surface area contributed by atoms with E-state index in [1.54, 1.807) is 0 Å². The fourth-order valence-corrected chi connectivity index (χ4v) is 2.96. The van der Waals surface area contributed by atoms with Crippen molar-refractivity contribution < 1.29 is 0 Å². The van der Waals surface area contributed by atoms with Gasteiger partial charge in [-0.15, -0.1) is 0 Å². The van der Waals surface area contributed by atoms with E-state index in [9.17, 15) is 0 Å². The fraction of sp³-hybridized carbons (Fsp3) is 0.625. The summed E-state index contributed by atoms with van der Waals surface area (Å²) in [5.74, 6) is 0.995. The minimum absolute atomic E-state index is 0.468. The van der Waals surface area contributed by atoms with Crippen molar-refractivity contribution in [2.75, 3.05) is 18.0 Å². The van der Waals surface area contributed by atoms with Gasteiger partial charge < -0.3 is 10.6 Å². The number of nitrogens with zero attached hydrogens (tertiary/aromatic N) is 2. The van der Waals surface area contributed by atoms with E-state index in [1.807, 2.05) is 0 Å². The molecule has 0 amide bonds. The summed E-state index contributed by atoms with van der Waals surface area (Å²) in [6.07, 6.45) is 7.04. The van der Waals surface area contributed by atoms with Gasteiger partial charge in [0.15, 0.2) is 0 Å². The lowest BCUT2D eigenvalue weighted by molar-refractivity contribution is 0.660. The molecule has 3 nitrogen and oxygen atoms in total. The highest BCUT2D eigenvalue weighted by atomic mass is 32.1. The molecule has 2 N–H and O–H groups in total. The van der Waals surface area contributed by atoms with Gasteiger partial charge in [-0.1, -0.05) is 25.6 Å². The van der Waals surface area contributed by atoms with Gasteiger partial charge in [0, 0.05) is 18.8 Å². The highest BCUT2D eigenvalue weighted by Crippen LogP contribution is 2.27. The smallest absolute Gasteiger partial charge is 0.139 e. The van der Waals surface area contributed by atoms with Crippen molar-refractivity contribution in [2.24, 2.45) is 5.73 Å². The van der Waals surface area contributed by atoms with Crippen molar-refractivity contribution in [1.29, 1.82) is 0 Å². The van der Waals surface area contributed by atoms with Crippen molar-refractivity contribution in [3.63, 3.8) is 0 Å². The van der Waals surface area contributed by atoms with Crippen LogP contribution in [0.2, 0.25) is 0 Å². The molecule has 0 radical (unpaired) electrons. The van der Waals surface area contributed by atoms with E-state index in [2.05, 4.69) is 24.8 Å². The summed E-state index contributed by atoms with van der Waals surface area (Å²) in [4.78, 5) is 7.70. The van der Waals surface area contributed by atoms with Crippen LogP contribution in [-0.4, -0.2) is 23.1 Å². The predicted molar refractivity (Wildman–Crippen MR) is 89.6 cm³/mol. The molecule has 1 heterocycles. The van der Waals surface area contributed by atoms with Crippen LogP contribution in [0, 0.1) is 0 Å². The summed E-state index contributed by atoms with van der Waals surface area (Å²) in [6.45, 7) is 6.35. The molecule has 1 aromatic rings. The number of unbranched alkanes of at least 4 members (excludes halogenated alkanes) is 1. The van der Waals surface area contributed by atoms with Crippen molar-refractivity contribution >= 4 is 23.0 Å². The average Bonchev–Trinajstić information content (AvgIpc) is 2.47. The molecule has 20 heavy (non-hydrogen) atoms. The zero-order chi connectivity index (χ0) is 14.5. The average molecular weight is 291 g/mol. The Hall–Kier alpha value is -1.16. The van der Waals surface area contributed by atoms with Crippen LogP contribution in [0.1, 0.15) is 56.4 Å². The summed E-state index contributed by atoms with van der Waals surface area (Å²) >= 11 is 5.25. The molecule has 0 bridgehead atoms. The molecule has 1 aliphatic rings. The van der Waals surface area contributed by atoms with E-state index < -0.39 is 0 Å². The highest BCUT2D eigenvalue weighted by molar-refractivity contribution is 7.80. The SMILES string of the molecule is CCCCN(CC)c1nc2c(cc1C(N)=S)CCCC2. The van der Waals surface area contributed by atoms with E-state index in [4.69, 9.17) is 22.9 Å². The van der Waals surface area contributed by atoms with Crippen LogP contribution in [0.25, 0.3) is 0 Å². The lowest BCUT2D eigenvalue weighted by Crippen LogP contribution is -2.29. The Bertz CT molecular complexity index is 485. The van der Waals surface area contributed by atoms with Crippen LogP contribution in [0.4, 0.5) is 5.82 Å². The lowest BCUT2D eigenvalue weighted by Gasteiger charge is -2.27. The molecule has 4 heteroatoms. The number of rotatable bonds is 6. The summed E-state index contributed by atoms with van der Waals surface area (Å²) in [6, 6.07) is 2.19. The first-order chi connectivity index (χ1) is 9.67. The Labute approximate surface area is 127 Å². The van der Waals surface area contributed by atoms with Gasteiger partial charge in [-0.3, -0.25) is 0 Å². The molecule has 0 atom stereocenters. The fourth-order valence-electron chi connectivity index (χ4n) is 2.81. The maximum atomic E-state index is 5.93. The first kappa shape index (κ1) is 15.2. The second-order valence-corrected chi connectivity index (χ2v) is 5.91. The predicted octanol–water partition coefficient (Wildman–Crippen LogP) is 3.22. The van der Waals surface area contributed by atoms with Gasteiger partial charge >= 0.3 is 0 Å². The van der Waals surface area contributed by atoms with Crippen molar-refractivity contribution in [1.82, 2.24) is 4.98 Å². The van der Waals surface area contributed by atoms with Gasteiger partial charge in [-0.25, -0.2) is 4.98 Å². The van der Waals surface area contributed by atoms with Crippen LogP contribution < -0.4 is 10.6 Å². The molecule has 110 valence electrons. The topological polar surface area (TPSA) is 42.2 Å². The molecule has 0 fully saturated rings. The number of fused-ring (bicyclic) bond motifs is 1. The first-order valence-corrected chi connectivity index (χ1v) is 8.15. The monoisotopic (exact) mass is 291 g/mol. The maximum absolute atomic E-state index is 5.93. The number of hydrogen-bond donors (Lipinski definition) is 1.